The number of esters is 1. The zero-order valence-corrected chi connectivity index (χ0v) is 19.1. The molecule has 0 amide bonds. The third-order valence-electron chi connectivity index (χ3n) is 5.02. The summed E-state index contributed by atoms with van der Waals surface area (Å²) in [5, 5.41) is 0. The van der Waals surface area contributed by atoms with Gasteiger partial charge in [0.25, 0.3) is 10.0 Å². The highest BCUT2D eigenvalue weighted by Crippen LogP contribution is 2.24. The van der Waals surface area contributed by atoms with E-state index in [1.807, 2.05) is 26.0 Å². The first-order valence-electron chi connectivity index (χ1n) is 10.2. The van der Waals surface area contributed by atoms with Gasteiger partial charge in [-0.1, -0.05) is 42.0 Å². The summed E-state index contributed by atoms with van der Waals surface area (Å²) in [6.07, 6.45) is 0. The molecule has 0 radical (unpaired) electrons. The van der Waals surface area contributed by atoms with E-state index < -0.39 is 22.6 Å². The molecule has 0 bridgehead atoms. The van der Waals surface area contributed by atoms with Crippen LogP contribution < -0.4 is 4.31 Å². The van der Waals surface area contributed by atoms with Gasteiger partial charge in [0.2, 0.25) is 5.78 Å². The highest BCUT2D eigenvalue weighted by Gasteiger charge is 2.25. The number of sulfonamides is 1. The first kappa shape index (κ1) is 23.2. The molecule has 3 rings (SSSR count). The summed E-state index contributed by atoms with van der Waals surface area (Å²) in [6.45, 7) is 5.23. The summed E-state index contributed by atoms with van der Waals surface area (Å²) in [5.41, 5.74) is 2.81. The molecule has 7 heteroatoms. The van der Waals surface area contributed by atoms with Crippen LogP contribution in [0.1, 0.15) is 38.8 Å². The first-order chi connectivity index (χ1) is 15.2. The van der Waals surface area contributed by atoms with Gasteiger partial charge in [-0.3, -0.25) is 9.10 Å². The Bertz CT molecular complexity index is 1240. The Labute approximate surface area is 188 Å². The van der Waals surface area contributed by atoms with E-state index in [2.05, 4.69) is 0 Å². The normalized spacial score (nSPS) is 11.1. The minimum absolute atomic E-state index is 0.0292. The lowest BCUT2D eigenvalue weighted by Crippen LogP contribution is -2.30. The molecular formula is C25H25NO5S. The molecule has 0 aliphatic heterocycles. The number of Topliss-reactive ketones (excluding diaryl/α,β-unsaturated/α-hetero) is 1. The van der Waals surface area contributed by atoms with Crippen LogP contribution in [0.25, 0.3) is 0 Å². The van der Waals surface area contributed by atoms with Crippen molar-refractivity contribution in [3.05, 3.63) is 95.1 Å². The van der Waals surface area contributed by atoms with Gasteiger partial charge in [0.1, 0.15) is 0 Å². The Morgan fingerprint density at radius 1 is 0.906 bits per heavy atom. The smallest absolute Gasteiger partial charge is 0.338 e. The highest BCUT2D eigenvalue weighted by atomic mass is 32.2. The molecule has 0 N–H and O–H groups in total. The number of carbonyl (C=O) groups is 2. The molecular weight excluding hydrogens is 426 g/mol. The molecule has 0 fully saturated rings. The molecule has 0 heterocycles. The van der Waals surface area contributed by atoms with Gasteiger partial charge < -0.3 is 4.74 Å². The highest BCUT2D eigenvalue weighted by molar-refractivity contribution is 7.92. The van der Waals surface area contributed by atoms with Crippen molar-refractivity contribution in [2.45, 2.75) is 25.7 Å². The molecule has 0 aliphatic rings. The average molecular weight is 452 g/mol. The van der Waals surface area contributed by atoms with Gasteiger partial charge in [0.15, 0.2) is 6.61 Å². The van der Waals surface area contributed by atoms with Crippen LogP contribution in [0.4, 0.5) is 5.69 Å². The average Bonchev–Trinajstić information content (AvgIpc) is 2.80. The number of hydrogen-bond donors (Lipinski definition) is 0. The van der Waals surface area contributed by atoms with Crippen molar-refractivity contribution < 1.29 is 22.7 Å². The minimum Gasteiger partial charge on any atom is -0.454 e. The summed E-state index contributed by atoms with van der Waals surface area (Å²) in [4.78, 5) is 25.0. The zero-order chi connectivity index (χ0) is 23.3. The second-order valence-corrected chi connectivity index (χ2v) is 9.21. The number of ether oxygens (including phenoxy) is 1. The van der Waals surface area contributed by atoms with E-state index in [1.165, 1.54) is 28.6 Å². The van der Waals surface area contributed by atoms with Crippen molar-refractivity contribution in [2.75, 3.05) is 17.5 Å². The fourth-order valence-electron chi connectivity index (χ4n) is 3.32. The number of rotatable bonds is 8. The molecule has 166 valence electrons. The summed E-state index contributed by atoms with van der Waals surface area (Å²) in [6, 6.07) is 19.9. The molecule has 0 spiro atoms. The number of aryl methyl sites for hydroxylation is 2. The van der Waals surface area contributed by atoms with Crippen molar-refractivity contribution >= 4 is 27.5 Å². The SMILES string of the molecule is CCN(c1ccccc1)S(=O)(=O)c1cccc(C(=O)OCC(=O)c2cc(C)ccc2C)c1. The lowest BCUT2D eigenvalue weighted by Gasteiger charge is -2.23. The van der Waals surface area contributed by atoms with E-state index >= 15 is 0 Å². The Morgan fingerprint density at radius 2 is 1.62 bits per heavy atom. The fraction of sp³-hybridized carbons (Fsp3) is 0.200. The molecule has 0 atom stereocenters. The van der Waals surface area contributed by atoms with Gasteiger partial charge in [0.05, 0.1) is 16.1 Å². The van der Waals surface area contributed by atoms with Gasteiger partial charge in [-0.25, -0.2) is 13.2 Å². The molecule has 0 saturated heterocycles. The third kappa shape index (κ3) is 5.06. The number of ketones is 1. The second-order valence-electron chi connectivity index (χ2n) is 7.35. The third-order valence-corrected chi connectivity index (χ3v) is 6.92. The molecule has 6 nitrogen and oxygen atoms in total. The van der Waals surface area contributed by atoms with Crippen LogP contribution in [-0.2, 0) is 14.8 Å². The lowest BCUT2D eigenvalue weighted by atomic mass is 10.0. The van der Waals surface area contributed by atoms with Crippen LogP contribution in [0, 0.1) is 13.8 Å². The van der Waals surface area contributed by atoms with Gasteiger partial charge >= 0.3 is 5.97 Å². The summed E-state index contributed by atoms with van der Waals surface area (Å²) < 4.78 is 32.8. The van der Waals surface area contributed by atoms with Crippen molar-refractivity contribution in [1.82, 2.24) is 0 Å². The second kappa shape index (κ2) is 9.78. The predicted molar refractivity (Wildman–Crippen MR) is 124 cm³/mol. The number of nitrogens with zero attached hydrogens (tertiary/aromatic N) is 1. The van der Waals surface area contributed by atoms with E-state index in [4.69, 9.17) is 4.74 Å². The monoisotopic (exact) mass is 451 g/mol. The Balaban J connectivity index is 1.78. The topological polar surface area (TPSA) is 80.8 Å². The number of hydrogen-bond acceptors (Lipinski definition) is 5. The maximum absolute atomic E-state index is 13.2. The summed E-state index contributed by atoms with van der Waals surface area (Å²) >= 11 is 0. The van der Waals surface area contributed by atoms with E-state index in [9.17, 15) is 18.0 Å². The Kier molecular flexibility index (Phi) is 7.10. The van der Waals surface area contributed by atoms with E-state index in [-0.39, 0.29) is 22.8 Å². The minimum atomic E-state index is -3.89. The van der Waals surface area contributed by atoms with E-state index in [0.717, 1.165) is 11.1 Å². The van der Waals surface area contributed by atoms with E-state index in [1.54, 1.807) is 43.3 Å². The maximum atomic E-state index is 13.2. The van der Waals surface area contributed by atoms with E-state index in [0.29, 0.717) is 11.3 Å². The van der Waals surface area contributed by atoms with Crippen LogP contribution in [0.3, 0.4) is 0 Å². The van der Waals surface area contributed by atoms with Crippen molar-refractivity contribution in [2.24, 2.45) is 0 Å². The Morgan fingerprint density at radius 3 is 2.31 bits per heavy atom. The number of para-hydroxylation sites is 1. The summed E-state index contributed by atoms with van der Waals surface area (Å²) in [7, 11) is -3.89. The number of benzene rings is 3. The first-order valence-corrected chi connectivity index (χ1v) is 11.6. The van der Waals surface area contributed by atoms with Gasteiger partial charge in [-0.2, -0.15) is 0 Å². The van der Waals surface area contributed by atoms with Crippen LogP contribution >= 0.6 is 0 Å². The number of carbonyl (C=O) groups excluding carboxylic acids is 2. The quantitative estimate of drug-likeness (QED) is 0.371. The van der Waals surface area contributed by atoms with Gasteiger partial charge in [-0.05, 0) is 62.7 Å². The molecule has 32 heavy (non-hydrogen) atoms. The molecule has 0 unspecified atom stereocenters. The molecule has 3 aromatic carbocycles. The lowest BCUT2D eigenvalue weighted by molar-refractivity contribution is 0.0474. The zero-order valence-electron chi connectivity index (χ0n) is 18.2. The fourth-order valence-corrected chi connectivity index (χ4v) is 4.84. The molecule has 0 saturated carbocycles. The van der Waals surface area contributed by atoms with Crippen molar-refractivity contribution in [1.29, 1.82) is 0 Å². The van der Waals surface area contributed by atoms with Gasteiger partial charge in [0, 0.05) is 12.1 Å². The maximum Gasteiger partial charge on any atom is 0.338 e. The van der Waals surface area contributed by atoms with Crippen LogP contribution in [-0.4, -0.2) is 33.3 Å². The standard InChI is InChI=1S/C25H25NO5S/c1-4-26(21-10-6-5-7-11-21)32(29,30)22-12-8-9-20(16-22)25(28)31-17-24(27)23-15-18(2)13-14-19(23)3/h5-16H,4,17H2,1-3H3. The van der Waals surface area contributed by atoms with Crippen molar-refractivity contribution in [3.8, 4) is 0 Å². The Hall–Kier alpha value is -3.45. The number of anilines is 1. The molecule has 3 aromatic rings. The largest absolute Gasteiger partial charge is 0.454 e. The molecule has 0 aliphatic carbocycles. The molecule has 0 aromatic heterocycles. The van der Waals surface area contributed by atoms with Crippen LogP contribution in [0.5, 0.6) is 0 Å². The predicted octanol–water partition coefficient (Wildman–Crippen LogP) is 4.56. The van der Waals surface area contributed by atoms with Gasteiger partial charge in [-0.15, -0.1) is 0 Å². The van der Waals surface area contributed by atoms with Crippen molar-refractivity contribution in [3.63, 3.8) is 0 Å². The van der Waals surface area contributed by atoms with Crippen LogP contribution in [0.2, 0.25) is 0 Å². The van der Waals surface area contributed by atoms with Crippen LogP contribution in [0.15, 0.2) is 77.7 Å². The summed E-state index contributed by atoms with van der Waals surface area (Å²) in [5.74, 6) is -1.08.